The lowest BCUT2D eigenvalue weighted by molar-refractivity contribution is -0.0465. The van der Waals surface area contributed by atoms with E-state index in [2.05, 4.69) is 6.92 Å². The van der Waals surface area contributed by atoms with Crippen LogP contribution in [0.5, 0.6) is 0 Å². The van der Waals surface area contributed by atoms with Crippen molar-refractivity contribution in [2.75, 3.05) is 46.2 Å². The monoisotopic (exact) mass is 386 g/mol. The molecule has 1 heterocycles. The van der Waals surface area contributed by atoms with Gasteiger partial charge in [-0.1, -0.05) is 45.4 Å². The topological polar surface area (TPSA) is 63.2 Å². The van der Waals surface area contributed by atoms with Gasteiger partial charge < -0.3 is 14.2 Å². The van der Waals surface area contributed by atoms with Gasteiger partial charge in [0, 0.05) is 11.2 Å². The molecule has 2 atom stereocenters. The SMILES string of the molecule is CCCCCCCCC1COCCOCCOP(=O)(Cl)OCCO1. The molecule has 1 aliphatic heterocycles. The highest BCUT2D eigenvalue weighted by Crippen LogP contribution is 2.53. The lowest BCUT2D eigenvalue weighted by Crippen LogP contribution is -2.23. The van der Waals surface area contributed by atoms with Crippen molar-refractivity contribution in [2.24, 2.45) is 0 Å². The molecule has 2 unspecified atom stereocenters. The van der Waals surface area contributed by atoms with Crippen LogP contribution in [-0.4, -0.2) is 52.4 Å². The third-order valence-electron chi connectivity index (χ3n) is 3.71. The highest BCUT2D eigenvalue weighted by molar-refractivity contribution is 7.81. The first-order valence-corrected chi connectivity index (χ1v) is 11.4. The van der Waals surface area contributed by atoms with Crippen LogP contribution in [0.25, 0.3) is 0 Å². The van der Waals surface area contributed by atoms with Crippen LogP contribution >= 0.6 is 18.2 Å². The van der Waals surface area contributed by atoms with E-state index in [9.17, 15) is 4.57 Å². The Hall–Kier alpha value is 0.320. The molecule has 0 aromatic heterocycles. The van der Waals surface area contributed by atoms with Gasteiger partial charge in [-0.15, -0.1) is 0 Å². The van der Waals surface area contributed by atoms with E-state index in [0.717, 1.165) is 12.8 Å². The van der Waals surface area contributed by atoms with Crippen molar-refractivity contribution < 1.29 is 27.8 Å². The van der Waals surface area contributed by atoms with Crippen molar-refractivity contribution in [3.05, 3.63) is 0 Å². The summed E-state index contributed by atoms with van der Waals surface area (Å²) < 4.78 is 38.6. The summed E-state index contributed by atoms with van der Waals surface area (Å²) >= 11 is 5.70. The van der Waals surface area contributed by atoms with Crippen molar-refractivity contribution in [3.8, 4) is 0 Å². The Kier molecular flexibility index (Phi) is 13.5. The van der Waals surface area contributed by atoms with Gasteiger partial charge in [0.25, 0.3) is 0 Å². The zero-order valence-electron chi connectivity index (χ0n) is 14.8. The summed E-state index contributed by atoms with van der Waals surface area (Å²) in [7, 11) is 0. The van der Waals surface area contributed by atoms with Crippen molar-refractivity contribution in [2.45, 2.75) is 58.0 Å². The van der Waals surface area contributed by atoms with Gasteiger partial charge in [0.15, 0.2) is 0 Å². The number of hydrogen-bond donors (Lipinski definition) is 0. The average molecular weight is 387 g/mol. The number of rotatable bonds is 7. The van der Waals surface area contributed by atoms with Gasteiger partial charge in [-0.3, -0.25) is 9.05 Å². The molecule has 0 saturated carbocycles. The van der Waals surface area contributed by atoms with Gasteiger partial charge in [-0.2, -0.15) is 0 Å². The minimum absolute atomic E-state index is 0.0124. The fourth-order valence-corrected chi connectivity index (χ4v) is 3.48. The molecule has 0 spiro atoms. The van der Waals surface area contributed by atoms with Crippen LogP contribution in [0.15, 0.2) is 0 Å². The van der Waals surface area contributed by atoms with Gasteiger partial charge in [0.1, 0.15) is 0 Å². The molecular formula is C16H32ClO6P. The Morgan fingerprint density at radius 1 is 0.875 bits per heavy atom. The van der Waals surface area contributed by atoms with Crippen LogP contribution in [0.4, 0.5) is 0 Å². The van der Waals surface area contributed by atoms with E-state index < -0.39 is 6.95 Å². The fourth-order valence-electron chi connectivity index (χ4n) is 2.41. The van der Waals surface area contributed by atoms with Crippen molar-refractivity contribution >= 4 is 18.2 Å². The zero-order chi connectivity index (χ0) is 17.5. The highest BCUT2D eigenvalue weighted by atomic mass is 35.7. The Morgan fingerprint density at radius 2 is 1.50 bits per heavy atom. The Labute approximate surface area is 150 Å². The van der Waals surface area contributed by atoms with E-state index in [1.807, 2.05) is 0 Å². The predicted octanol–water partition coefficient (Wildman–Crippen LogP) is 4.55. The quantitative estimate of drug-likeness (QED) is 0.472. The molecule has 24 heavy (non-hydrogen) atoms. The smallest absolute Gasteiger partial charge is 0.377 e. The minimum Gasteiger partial charge on any atom is -0.377 e. The van der Waals surface area contributed by atoms with Gasteiger partial charge in [0.05, 0.1) is 52.4 Å². The van der Waals surface area contributed by atoms with Crippen LogP contribution in [0, 0.1) is 0 Å². The summed E-state index contributed by atoms with van der Waals surface area (Å²) in [6.45, 7) is 1.07. The molecule has 0 radical (unpaired) electrons. The summed E-state index contributed by atoms with van der Waals surface area (Å²) in [6.07, 6.45) is 8.42. The van der Waals surface area contributed by atoms with E-state index in [-0.39, 0.29) is 19.3 Å². The molecule has 1 saturated heterocycles. The Morgan fingerprint density at radius 3 is 2.29 bits per heavy atom. The van der Waals surface area contributed by atoms with Gasteiger partial charge >= 0.3 is 6.95 Å². The molecule has 144 valence electrons. The highest BCUT2D eigenvalue weighted by Gasteiger charge is 2.21. The van der Waals surface area contributed by atoms with Gasteiger partial charge in [-0.05, 0) is 6.42 Å². The van der Waals surface area contributed by atoms with E-state index in [1.165, 1.54) is 32.1 Å². The van der Waals surface area contributed by atoms with Crippen LogP contribution < -0.4 is 0 Å². The maximum absolute atomic E-state index is 11.8. The minimum atomic E-state index is -3.54. The van der Waals surface area contributed by atoms with Gasteiger partial charge in [0.2, 0.25) is 0 Å². The second kappa shape index (κ2) is 14.5. The molecule has 0 amide bonds. The maximum atomic E-state index is 11.8. The largest absolute Gasteiger partial charge is 0.424 e. The van der Waals surface area contributed by atoms with E-state index in [1.54, 1.807) is 0 Å². The second-order valence-corrected chi connectivity index (χ2v) is 8.45. The summed E-state index contributed by atoms with van der Waals surface area (Å²) in [5, 5.41) is 0. The number of ether oxygens (including phenoxy) is 3. The van der Waals surface area contributed by atoms with Crippen LogP contribution in [0.3, 0.4) is 0 Å². The first kappa shape index (κ1) is 22.4. The number of halogens is 1. The summed E-state index contributed by atoms with van der Waals surface area (Å²) in [5.41, 5.74) is 0. The Balaban J connectivity index is 2.28. The first-order valence-electron chi connectivity index (χ1n) is 9.00. The van der Waals surface area contributed by atoms with Crippen molar-refractivity contribution in [1.82, 2.24) is 0 Å². The molecule has 6 nitrogen and oxygen atoms in total. The third-order valence-corrected chi connectivity index (χ3v) is 5.28. The average Bonchev–Trinajstić information content (AvgIpc) is 2.55. The van der Waals surface area contributed by atoms with E-state index in [0.29, 0.717) is 33.0 Å². The molecule has 0 bridgehead atoms. The maximum Gasteiger partial charge on any atom is 0.424 e. The van der Waals surface area contributed by atoms with Gasteiger partial charge in [-0.25, -0.2) is 4.57 Å². The predicted molar refractivity (Wildman–Crippen MR) is 94.7 cm³/mol. The van der Waals surface area contributed by atoms with E-state index in [4.69, 9.17) is 34.5 Å². The van der Waals surface area contributed by atoms with Crippen molar-refractivity contribution in [3.63, 3.8) is 0 Å². The molecule has 1 fully saturated rings. The Bertz CT molecular complexity index is 345. The first-order chi connectivity index (χ1) is 11.6. The molecule has 0 aliphatic carbocycles. The van der Waals surface area contributed by atoms with Crippen molar-refractivity contribution in [1.29, 1.82) is 0 Å². The van der Waals surface area contributed by atoms with E-state index >= 15 is 0 Å². The van der Waals surface area contributed by atoms with Crippen LogP contribution in [-0.2, 0) is 27.8 Å². The summed E-state index contributed by atoms with van der Waals surface area (Å²) in [4.78, 5) is 0. The standard InChI is InChI=1S/C16H32ClO6P/c1-2-3-4-5-6-7-8-16-15-20-10-9-19-11-13-22-24(17,18)23-14-12-21-16/h16H,2-15H2,1H3. The lowest BCUT2D eigenvalue weighted by Gasteiger charge is -2.19. The van der Waals surface area contributed by atoms with Crippen LogP contribution in [0.2, 0.25) is 0 Å². The third kappa shape index (κ3) is 12.6. The number of hydrogen-bond acceptors (Lipinski definition) is 6. The second-order valence-electron chi connectivity index (χ2n) is 5.83. The molecule has 0 aromatic rings. The number of unbranched alkanes of at least 4 members (excludes halogenated alkanes) is 5. The summed E-state index contributed by atoms with van der Waals surface area (Å²) in [5.74, 6) is 0. The summed E-state index contributed by atoms with van der Waals surface area (Å²) in [6, 6.07) is 0. The normalized spacial score (nSPS) is 28.3. The van der Waals surface area contributed by atoms with Crippen LogP contribution in [0.1, 0.15) is 51.9 Å². The molecule has 0 aromatic carbocycles. The molecule has 1 rings (SSSR count). The zero-order valence-corrected chi connectivity index (χ0v) is 16.4. The molecular weight excluding hydrogens is 355 g/mol. The molecule has 8 heteroatoms. The fraction of sp³-hybridized carbons (Fsp3) is 1.00. The lowest BCUT2D eigenvalue weighted by atomic mass is 10.1. The molecule has 1 aliphatic rings. The molecule has 0 N–H and O–H groups in total.